The summed E-state index contributed by atoms with van der Waals surface area (Å²) in [6.45, 7) is 3.33. The molecule has 0 atom stereocenters. The molecule has 0 aliphatic carbocycles. The van der Waals surface area contributed by atoms with Crippen LogP contribution in [0.25, 0.3) is 0 Å². The maximum atomic E-state index is 5.39. The third kappa shape index (κ3) is 5.36. The molecule has 0 saturated carbocycles. The number of para-hydroxylation sites is 1. The molecule has 6 heteroatoms. The lowest BCUT2D eigenvalue weighted by molar-refractivity contribution is 0.410. The molecule has 0 radical (unpaired) electrons. The summed E-state index contributed by atoms with van der Waals surface area (Å²) in [6.07, 6.45) is 0.879. The number of ether oxygens (including phenoxy) is 2. The van der Waals surface area contributed by atoms with Crippen molar-refractivity contribution >= 4 is 11.8 Å². The molecule has 0 bridgehead atoms. The van der Waals surface area contributed by atoms with Crippen LogP contribution >= 0.6 is 0 Å². The molecule has 2 aromatic carbocycles. The molecule has 2 N–H and O–H groups in total. The number of aryl methyl sites for hydroxylation is 1. The van der Waals surface area contributed by atoms with Gasteiger partial charge >= 0.3 is 0 Å². The Morgan fingerprint density at radius 1 is 0.893 bits per heavy atom. The Bertz CT molecular complexity index is 915. The van der Waals surface area contributed by atoms with Gasteiger partial charge in [0, 0.05) is 30.4 Å². The molecule has 146 valence electrons. The molecule has 1 aromatic heterocycles. The molecule has 0 fully saturated rings. The standard InChI is InChI=1S/C22H26N4O2/c1-16-13-21(23-12-11-17-7-6-9-19(14-17)27-2)26-22(25-16)24-15-18-8-4-5-10-20(18)28-3/h4-10,13-14H,11-12,15H2,1-3H3,(H2,23,24,25,26). The second kappa shape index (κ2) is 9.60. The zero-order valence-electron chi connectivity index (χ0n) is 16.5. The van der Waals surface area contributed by atoms with Crippen LogP contribution in [0.4, 0.5) is 11.8 Å². The van der Waals surface area contributed by atoms with Gasteiger partial charge in [0.2, 0.25) is 5.95 Å². The van der Waals surface area contributed by atoms with Crippen LogP contribution in [0.2, 0.25) is 0 Å². The van der Waals surface area contributed by atoms with Gasteiger partial charge in [-0.2, -0.15) is 4.98 Å². The lowest BCUT2D eigenvalue weighted by atomic mass is 10.1. The van der Waals surface area contributed by atoms with Crippen molar-refractivity contribution in [2.75, 3.05) is 31.4 Å². The summed E-state index contributed by atoms with van der Waals surface area (Å²) in [5.41, 5.74) is 3.18. The normalized spacial score (nSPS) is 10.4. The minimum absolute atomic E-state index is 0.592. The highest BCUT2D eigenvalue weighted by molar-refractivity contribution is 5.44. The fourth-order valence-corrected chi connectivity index (χ4v) is 2.92. The maximum Gasteiger partial charge on any atom is 0.225 e. The summed E-state index contributed by atoms with van der Waals surface area (Å²) < 4.78 is 10.7. The Balaban J connectivity index is 1.59. The van der Waals surface area contributed by atoms with Crippen LogP contribution in [-0.2, 0) is 13.0 Å². The van der Waals surface area contributed by atoms with Gasteiger partial charge in [-0.15, -0.1) is 0 Å². The molecule has 0 saturated heterocycles. The minimum atomic E-state index is 0.592. The molecule has 28 heavy (non-hydrogen) atoms. The summed E-state index contributed by atoms with van der Waals surface area (Å²) in [5, 5.41) is 6.66. The molecule has 1 heterocycles. The fourth-order valence-electron chi connectivity index (χ4n) is 2.92. The summed E-state index contributed by atoms with van der Waals surface area (Å²) in [5.74, 6) is 3.12. The smallest absolute Gasteiger partial charge is 0.225 e. The van der Waals surface area contributed by atoms with Gasteiger partial charge in [-0.1, -0.05) is 30.3 Å². The monoisotopic (exact) mass is 378 g/mol. The topological polar surface area (TPSA) is 68.3 Å². The van der Waals surface area contributed by atoms with Crippen molar-refractivity contribution in [2.45, 2.75) is 19.9 Å². The molecule has 0 amide bonds. The summed E-state index contributed by atoms with van der Waals surface area (Å²) in [6, 6.07) is 17.9. The van der Waals surface area contributed by atoms with Gasteiger partial charge in [0.25, 0.3) is 0 Å². The van der Waals surface area contributed by atoms with Crippen molar-refractivity contribution < 1.29 is 9.47 Å². The Hall–Kier alpha value is -3.28. The number of anilines is 2. The Morgan fingerprint density at radius 3 is 2.57 bits per heavy atom. The number of hydrogen-bond acceptors (Lipinski definition) is 6. The molecule has 0 aliphatic rings. The molecule has 0 spiro atoms. The average Bonchev–Trinajstić information content (AvgIpc) is 2.72. The van der Waals surface area contributed by atoms with Crippen LogP contribution in [0.5, 0.6) is 11.5 Å². The SMILES string of the molecule is COc1cccc(CCNc2cc(C)nc(NCc3ccccc3OC)n2)c1. The average molecular weight is 378 g/mol. The highest BCUT2D eigenvalue weighted by Crippen LogP contribution is 2.19. The molecule has 3 aromatic rings. The van der Waals surface area contributed by atoms with E-state index in [1.165, 1.54) is 5.56 Å². The fraction of sp³-hybridized carbons (Fsp3) is 0.273. The lowest BCUT2D eigenvalue weighted by Gasteiger charge is -2.12. The molecular formula is C22H26N4O2. The third-order valence-corrected chi connectivity index (χ3v) is 4.34. The van der Waals surface area contributed by atoms with E-state index in [0.717, 1.165) is 41.5 Å². The van der Waals surface area contributed by atoms with Crippen molar-refractivity contribution in [3.63, 3.8) is 0 Å². The first kappa shape index (κ1) is 19.5. The number of benzene rings is 2. The van der Waals surface area contributed by atoms with Gasteiger partial charge in [-0.3, -0.25) is 0 Å². The van der Waals surface area contributed by atoms with E-state index in [-0.39, 0.29) is 0 Å². The Labute approximate surface area is 166 Å². The highest BCUT2D eigenvalue weighted by atomic mass is 16.5. The van der Waals surface area contributed by atoms with Gasteiger partial charge in [0.1, 0.15) is 17.3 Å². The van der Waals surface area contributed by atoms with Gasteiger partial charge in [0.15, 0.2) is 0 Å². The first-order valence-electron chi connectivity index (χ1n) is 9.26. The number of methoxy groups -OCH3 is 2. The zero-order valence-corrected chi connectivity index (χ0v) is 16.5. The number of rotatable bonds is 9. The van der Waals surface area contributed by atoms with Crippen molar-refractivity contribution in [1.29, 1.82) is 0 Å². The highest BCUT2D eigenvalue weighted by Gasteiger charge is 2.05. The van der Waals surface area contributed by atoms with Crippen molar-refractivity contribution in [3.8, 4) is 11.5 Å². The van der Waals surface area contributed by atoms with Crippen LogP contribution in [0, 0.1) is 6.92 Å². The first-order valence-corrected chi connectivity index (χ1v) is 9.26. The largest absolute Gasteiger partial charge is 0.497 e. The van der Waals surface area contributed by atoms with E-state index in [0.29, 0.717) is 12.5 Å². The van der Waals surface area contributed by atoms with Crippen LogP contribution in [0.3, 0.4) is 0 Å². The summed E-state index contributed by atoms with van der Waals surface area (Å²) >= 11 is 0. The molecule has 0 aliphatic heterocycles. The van der Waals surface area contributed by atoms with E-state index < -0.39 is 0 Å². The molecular weight excluding hydrogens is 352 g/mol. The van der Waals surface area contributed by atoms with E-state index in [1.54, 1.807) is 14.2 Å². The number of hydrogen-bond donors (Lipinski definition) is 2. The summed E-state index contributed by atoms with van der Waals surface area (Å²) in [7, 11) is 3.35. The van der Waals surface area contributed by atoms with Crippen LogP contribution in [0.15, 0.2) is 54.6 Å². The second-order valence-corrected chi connectivity index (χ2v) is 6.41. The van der Waals surface area contributed by atoms with E-state index in [2.05, 4.69) is 26.7 Å². The minimum Gasteiger partial charge on any atom is -0.497 e. The maximum absolute atomic E-state index is 5.39. The lowest BCUT2D eigenvalue weighted by Crippen LogP contribution is -2.10. The zero-order chi connectivity index (χ0) is 19.8. The third-order valence-electron chi connectivity index (χ3n) is 4.34. The number of aromatic nitrogens is 2. The van der Waals surface area contributed by atoms with E-state index >= 15 is 0 Å². The predicted octanol–water partition coefficient (Wildman–Crippen LogP) is 4.07. The van der Waals surface area contributed by atoms with E-state index in [1.807, 2.05) is 55.5 Å². The van der Waals surface area contributed by atoms with Crippen LogP contribution in [-0.4, -0.2) is 30.7 Å². The van der Waals surface area contributed by atoms with Crippen molar-refractivity contribution in [2.24, 2.45) is 0 Å². The second-order valence-electron chi connectivity index (χ2n) is 6.41. The first-order chi connectivity index (χ1) is 13.7. The quantitative estimate of drug-likeness (QED) is 0.585. The van der Waals surface area contributed by atoms with Crippen molar-refractivity contribution in [1.82, 2.24) is 9.97 Å². The van der Waals surface area contributed by atoms with E-state index in [4.69, 9.17) is 9.47 Å². The van der Waals surface area contributed by atoms with Gasteiger partial charge < -0.3 is 20.1 Å². The number of nitrogens with zero attached hydrogens (tertiary/aromatic N) is 2. The van der Waals surface area contributed by atoms with Gasteiger partial charge in [0.05, 0.1) is 14.2 Å². The molecule has 0 unspecified atom stereocenters. The summed E-state index contributed by atoms with van der Waals surface area (Å²) in [4.78, 5) is 9.04. The van der Waals surface area contributed by atoms with Gasteiger partial charge in [-0.25, -0.2) is 4.98 Å². The van der Waals surface area contributed by atoms with E-state index in [9.17, 15) is 0 Å². The van der Waals surface area contributed by atoms with Gasteiger partial charge in [-0.05, 0) is 37.1 Å². The Kier molecular flexibility index (Phi) is 6.68. The Morgan fingerprint density at radius 2 is 1.75 bits per heavy atom. The predicted molar refractivity (Wildman–Crippen MR) is 112 cm³/mol. The molecule has 6 nitrogen and oxygen atoms in total. The van der Waals surface area contributed by atoms with Crippen molar-refractivity contribution in [3.05, 3.63) is 71.4 Å². The van der Waals surface area contributed by atoms with Crippen LogP contribution < -0.4 is 20.1 Å². The number of nitrogens with one attached hydrogen (secondary N) is 2. The molecule has 3 rings (SSSR count). The van der Waals surface area contributed by atoms with Crippen LogP contribution in [0.1, 0.15) is 16.8 Å².